The molecule has 4 aliphatic rings. The van der Waals surface area contributed by atoms with Gasteiger partial charge < -0.3 is 9.84 Å². The lowest BCUT2D eigenvalue weighted by molar-refractivity contribution is -0.160. The fraction of sp³-hybridized carbons (Fsp3) is 0.826. The highest BCUT2D eigenvalue weighted by Crippen LogP contribution is 2.67. The predicted octanol–water partition coefficient (Wildman–Crippen LogP) is 4.20. The Hall–Kier alpha value is -1.16. The van der Waals surface area contributed by atoms with Crippen molar-refractivity contribution in [3.8, 4) is 0 Å². The van der Waals surface area contributed by atoms with Crippen LogP contribution in [-0.2, 0) is 14.3 Å². The zero-order valence-corrected chi connectivity index (χ0v) is 17.2. The van der Waals surface area contributed by atoms with Crippen LogP contribution >= 0.6 is 0 Å². The van der Waals surface area contributed by atoms with Crippen LogP contribution in [0.25, 0.3) is 0 Å². The van der Waals surface area contributed by atoms with Gasteiger partial charge in [0, 0.05) is 18.8 Å². The quantitative estimate of drug-likeness (QED) is 0.581. The van der Waals surface area contributed by atoms with Crippen LogP contribution in [-0.4, -0.2) is 28.6 Å². The number of Topliss-reactive ketones (excluding diaryl/α,β-unsaturated/α-hetero) is 1. The van der Waals surface area contributed by atoms with E-state index in [0.717, 1.165) is 44.9 Å². The fourth-order valence-corrected chi connectivity index (χ4v) is 7.56. The molecule has 3 fully saturated rings. The third-order valence-electron chi connectivity index (χ3n) is 9.13. The summed E-state index contributed by atoms with van der Waals surface area (Å²) < 4.78 is 5.51. The fourth-order valence-electron chi connectivity index (χ4n) is 7.56. The lowest BCUT2D eigenvalue weighted by atomic mass is 9.47. The number of fused-ring (bicyclic) bond motifs is 5. The molecule has 3 saturated carbocycles. The van der Waals surface area contributed by atoms with Gasteiger partial charge in [-0.1, -0.05) is 25.5 Å². The van der Waals surface area contributed by atoms with E-state index in [0.29, 0.717) is 24.2 Å². The van der Waals surface area contributed by atoms with Gasteiger partial charge in [-0.05, 0) is 75.0 Å². The van der Waals surface area contributed by atoms with Gasteiger partial charge in [-0.3, -0.25) is 9.59 Å². The van der Waals surface area contributed by atoms with Crippen molar-refractivity contribution in [2.24, 2.45) is 28.6 Å². The number of rotatable bonds is 2. The molecular weight excluding hydrogens is 340 g/mol. The van der Waals surface area contributed by atoms with Crippen molar-refractivity contribution in [2.45, 2.75) is 90.8 Å². The molecule has 0 bridgehead atoms. The molecule has 4 nitrogen and oxygen atoms in total. The number of carbonyl (C=O) groups is 2. The molecule has 0 amide bonds. The Morgan fingerprint density at radius 3 is 2.44 bits per heavy atom. The van der Waals surface area contributed by atoms with E-state index in [4.69, 9.17) is 4.74 Å². The lowest BCUT2D eigenvalue weighted by Crippen LogP contribution is -2.57. The van der Waals surface area contributed by atoms with Gasteiger partial charge in [0.1, 0.15) is 11.7 Å². The third-order valence-corrected chi connectivity index (χ3v) is 9.13. The van der Waals surface area contributed by atoms with Crippen LogP contribution in [0.1, 0.15) is 79.1 Å². The number of allylic oxidation sites excluding steroid dienone is 1. The molecule has 4 aliphatic carbocycles. The Bertz CT molecular complexity index is 696. The average molecular weight is 375 g/mol. The molecule has 0 spiro atoms. The molecule has 0 saturated heterocycles. The summed E-state index contributed by atoms with van der Waals surface area (Å²) in [6.45, 7) is 7.64. The molecule has 4 heteroatoms. The summed E-state index contributed by atoms with van der Waals surface area (Å²) in [5.41, 5.74) is 0.235. The Balaban J connectivity index is 1.61. The van der Waals surface area contributed by atoms with Crippen LogP contribution in [0.5, 0.6) is 0 Å². The molecule has 0 aromatic heterocycles. The number of aliphatic hydroxyl groups is 1. The first kappa shape index (κ1) is 19.2. The topological polar surface area (TPSA) is 63.6 Å². The Morgan fingerprint density at radius 2 is 1.78 bits per heavy atom. The molecule has 150 valence electrons. The Morgan fingerprint density at radius 1 is 1.07 bits per heavy atom. The summed E-state index contributed by atoms with van der Waals surface area (Å²) in [6.07, 6.45) is 9.96. The summed E-state index contributed by atoms with van der Waals surface area (Å²) in [7, 11) is 0. The monoisotopic (exact) mass is 374 g/mol. The van der Waals surface area contributed by atoms with E-state index in [1.165, 1.54) is 12.5 Å². The number of esters is 1. The Labute approximate surface area is 162 Å². The smallest absolute Gasteiger partial charge is 0.302 e. The highest BCUT2D eigenvalue weighted by molar-refractivity contribution is 5.86. The van der Waals surface area contributed by atoms with E-state index < -0.39 is 5.60 Å². The second-order valence-electron chi connectivity index (χ2n) is 10.1. The maximum Gasteiger partial charge on any atom is 0.302 e. The van der Waals surface area contributed by atoms with E-state index in [2.05, 4.69) is 19.9 Å². The number of carbonyl (C=O) groups excluding carboxylic acids is 2. The van der Waals surface area contributed by atoms with E-state index in [1.807, 2.05) is 0 Å². The van der Waals surface area contributed by atoms with Crippen molar-refractivity contribution in [2.75, 3.05) is 0 Å². The summed E-state index contributed by atoms with van der Waals surface area (Å²) in [5.74, 6) is 1.36. The number of ketones is 1. The molecule has 4 rings (SSSR count). The molecule has 0 unspecified atom stereocenters. The van der Waals surface area contributed by atoms with Gasteiger partial charge in [-0.15, -0.1) is 0 Å². The van der Waals surface area contributed by atoms with Crippen LogP contribution in [0.15, 0.2) is 11.6 Å². The van der Waals surface area contributed by atoms with Crippen molar-refractivity contribution in [1.29, 1.82) is 0 Å². The summed E-state index contributed by atoms with van der Waals surface area (Å²) in [5, 5.41) is 11.2. The predicted molar refractivity (Wildman–Crippen MR) is 103 cm³/mol. The molecule has 1 N–H and O–H groups in total. The van der Waals surface area contributed by atoms with Gasteiger partial charge >= 0.3 is 5.97 Å². The average Bonchev–Trinajstić information content (AvgIpc) is 2.87. The van der Waals surface area contributed by atoms with Crippen molar-refractivity contribution >= 4 is 11.8 Å². The molecular formula is C23H34O4. The van der Waals surface area contributed by atoms with Crippen molar-refractivity contribution in [3.63, 3.8) is 0 Å². The number of ether oxygens (including phenoxy) is 1. The summed E-state index contributed by atoms with van der Waals surface area (Å²) in [4.78, 5) is 23.7. The van der Waals surface area contributed by atoms with E-state index >= 15 is 0 Å². The van der Waals surface area contributed by atoms with Gasteiger partial charge in [0.05, 0.1) is 0 Å². The first-order chi connectivity index (χ1) is 12.6. The van der Waals surface area contributed by atoms with Gasteiger partial charge in [-0.2, -0.15) is 0 Å². The highest BCUT2D eigenvalue weighted by Gasteiger charge is 2.65. The van der Waals surface area contributed by atoms with E-state index in [1.54, 1.807) is 6.92 Å². The molecule has 0 aromatic carbocycles. The van der Waals surface area contributed by atoms with Gasteiger partial charge in [0.15, 0.2) is 5.78 Å². The van der Waals surface area contributed by atoms with E-state index in [-0.39, 0.29) is 28.7 Å². The molecule has 27 heavy (non-hydrogen) atoms. The summed E-state index contributed by atoms with van der Waals surface area (Å²) >= 11 is 0. The van der Waals surface area contributed by atoms with Crippen LogP contribution in [0, 0.1) is 28.6 Å². The first-order valence-corrected chi connectivity index (χ1v) is 10.7. The second kappa shape index (κ2) is 6.17. The second-order valence-corrected chi connectivity index (χ2v) is 10.1. The minimum atomic E-state index is -1.14. The molecule has 0 heterocycles. The first-order valence-electron chi connectivity index (χ1n) is 10.7. The van der Waals surface area contributed by atoms with Crippen molar-refractivity contribution in [3.05, 3.63) is 11.6 Å². The molecule has 0 radical (unpaired) electrons. The third kappa shape index (κ3) is 2.58. The minimum absolute atomic E-state index is 0.0292. The van der Waals surface area contributed by atoms with Crippen LogP contribution in [0.4, 0.5) is 0 Å². The normalized spacial score (nSPS) is 48.7. The maximum absolute atomic E-state index is 12.3. The van der Waals surface area contributed by atoms with Gasteiger partial charge in [0.2, 0.25) is 0 Å². The standard InChI is InChI=1S/C23H34O4/c1-14(24)23(26)12-9-20-18-6-5-16-13-17(27-15(2)25)7-10-21(16,3)19(18)8-11-22(20,23)4/h5,17-20,26H,6-13H2,1-4H3/t17-,18+,19-,20-,21+,22+,23-/m1/s1. The zero-order chi connectivity index (χ0) is 19.6. The van der Waals surface area contributed by atoms with Crippen LogP contribution < -0.4 is 0 Å². The van der Waals surface area contributed by atoms with Crippen LogP contribution in [0.3, 0.4) is 0 Å². The molecule has 0 aliphatic heterocycles. The lowest BCUT2D eigenvalue weighted by Gasteiger charge is -2.58. The van der Waals surface area contributed by atoms with Gasteiger partial charge in [-0.25, -0.2) is 0 Å². The van der Waals surface area contributed by atoms with Crippen LogP contribution in [0.2, 0.25) is 0 Å². The maximum atomic E-state index is 12.3. The van der Waals surface area contributed by atoms with Crippen molar-refractivity contribution in [1.82, 2.24) is 0 Å². The Kier molecular flexibility index (Phi) is 4.38. The van der Waals surface area contributed by atoms with E-state index in [9.17, 15) is 14.7 Å². The largest absolute Gasteiger partial charge is 0.462 e. The van der Waals surface area contributed by atoms with Gasteiger partial charge in [0.25, 0.3) is 0 Å². The SMILES string of the molecule is CC(=O)O[C@@H]1CC[C@@]2(C)C(=CC[C@H]3[C@H]2CC[C@@]2(C)[C@@H]3CC[C@@]2(O)C(C)=O)C1. The summed E-state index contributed by atoms with van der Waals surface area (Å²) in [6, 6.07) is 0. The van der Waals surface area contributed by atoms with Crippen molar-refractivity contribution < 1.29 is 19.4 Å². The highest BCUT2D eigenvalue weighted by atomic mass is 16.5. The molecule has 0 aromatic rings. The zero-order valence-electron chi connectivity index (χ0n) is 17.2. The number of hydrogen-bond acceptors (Lipinski definition) is 4. The minimum Gasteiger partial charge on any atom is -0.462 e. The molecule has 7 atom stereocenters. The number of hydrogen-bond donors (Lipinski definition) is 1.